The second-order valence-electron chi connectivity index (χ2n) is 3.81. The molecule has 0 aliphatic heterocycles. The fourth-order valence-corrected chi connectivity index (χ4v) is 0.925. The van der Waals surface area contributed by atoms with Gasteiger partial charge in [-0.25, -0.2) is 0 Å². The van der Waals surface area contributed by atoms with Crippen LogP contribution in [0.25, 0.3) is 0 Å². The molecule has 0 amide bonds. The maximum atomic E-state index is 4.99. The van der Waals surface area contributed by atoms with E-state index < -0.39 is 0 Å². The lowest BCUT2D eigenvalue weighted by atomic mass is 10.2. The normalized spacial score (nSPS) is 9.71. The topological polar surface area (TPSA) is 9.23 Å². The first-order valence-corrected chi connectivity index (χ1v) is 5.12. The van der Waals surface area contributed by atoms with Gasteiger partial charge in [0, 0.05) is 0 Å². The van der Waals surface area contributed by atoms with E-state index in [0.29, 0.717) is 0 Å². The van der Waals surface area contributed by atoms with Gasteiger partial charge in [-0.05, 0) is 26.1 Å². The van der Waals surface area contributed by atoms with Crippen molar-refractivity contribution < 1.29 is 4.74 Å². The lowest BCUT2D eigenvalue weighted by Gasteiger charge is -2.16. The number of benzene rings is 1. The summed E-state index contributed by atoms with van der Waals surface area (Å²) in [7, 11) is 2.63. The highest BCUT2D eigenvalue weighted by Crippen LogP contribution is 2.05. The first kappa shape index (κ1) is 13.2. The van der Waals surface area contributed by atoms with Crippen molar-refractivity contribution in [2.75, 3.05) is 0 Å². The molecule has 0 saturated carbocycles. The molecule has 0 radical (unpaired) electrons. The molecule has 1 unspecified atom stereocenters. The molecule has 0 fully saturated rings. The van der Waals surface area contributed by atoms with E-state index in [9.17, 15) is 0 Å². The Morgan fingerprint density at radius 1 is 1.21 bits per heavy atom. The summed E-state index contributed by atoms with van der Waals surface area (Å²) in [6.07, 6.45) is 1.46. The van der Waals surface area contributed by atoms with Crippen LogP contribution in [0.15, 0.2) is 43.2 Å². The zero-order valence-corrected chi connectivity index (χ0v) is 10.3. The predicted octanol–water partition coefficient (Wildman–Crippen LogP) is 3.13. The number of hydrogen-bond donors (Lipinski definition) is 0. The molecule has 0 saturated heterocycles. The molecule has 0 spiro atoms. The summed E-state index contributed by atoms with van der Waals surface area (Å²) < 4.78 is 4.99. The average molecular weight is 210 g/mol. The number of rotatable bonds is 1. The fraction of sp³-hybridized carbons (Fsp3) is 0.333. The van der Waals surface area contributed by atoms with E-state index in [0.717, 1.165) is 0 Å². The van der Waals surface area contributed by atoms with Crippen LogP contribution in [0.4, 0.5) is 0 Å². The maximum absolute atomic E-state index is 4.99. The molecule has 2 heteroatoms. The highest BCUT2D eigenvalue weighted by atomic mass is 31.0. The van der Waals surface area contributed by atoms with Crippen molar-refractivity contribution >= 4 is 14.5 Å². The SMILES string of the molecule is C=COC(C)(C)C.Pc1ccccc1. The van der Waals surface area contributed by atoms with Gasteiger partial charge >= 0.3 is 0 Å². The van der Waals surface area contributed by atoms with E-state index in [4.69, 9.17) is 4.74 Å². The molecule has 1 atom stereocenters. The Labute approximate surface area is 89.4 Å². The second kappa shape index (κ2) is 6.62. The van der Waals surface area contributed by atoms with E-state index in [1.807, 2.05) is 51.1 Å². The van der Waals surface area contributed by atoms with Gasteiger partial charge in [-0.3, -0.25) is 0 Å². The van der Waals surface area contributed by atoms with Crippen molar-refractivity contribution in [2.24, 2.45) is 0 Å². The summed E-state index contributed by atoms with van der Waals surface area (Å²) in [4.78, 5) is 0. The van der Waals surface area contributed by atoms with E-state index in [-0.39, 0.29) is 5.60 Å². The van der Waals surface area contributed by atoms with E-state index in [2.05, 4.69) is 15.8 Å². The van der Waals surface area contributed by atoms with Crippen molar-refractivity contribution in [3.63, 3.8) is 0 Å². The summed E-state index contributed by atoms with van der Waals surface area (Å²) >= 11 is 0. The van der Waals surface area contributed by atoms with Crippen LogP contribution in [0.2, 0.25) is 0 Å². The van der Waals surface area contributed by atoms with Crippen molar-refractivity contribution in [1.82, 2.24) is 0 Å². The predicted molar refractivity (Wildman–Crippen MR) is 66.8 cm³/mol. The summed E-state index contributed by atoms with van der Waals surface area (Å²) in [5, 5.41) is 1.24. The molecule has 1 aromatic rings. The highest BCUT2D eigenvalue weighted by Gasteiger charge is 2.05. The van der Waals surface area contributed by atoms with E-state index in [1.54, 1.807) is 0 Å². The Kier molecular flexibility index (Phi) is 6.23. The Morgan fingerprint density at radius 2 is 1.71 bits per heavy atom. The van der Waals surface area contributed by atoms with E-state index >= 15 is 0 Å². The number of hydrogen-bond acceptors (Lipinski definition) is 1. The molecule has 0 heterocycles. The van der Waals surface area contributed by atoms with Gasteiger partial charge in [0.15, 0.2) is 0 Å². The fourth-order valence-electron chi connectivity index (χ4n) is 0.703. The summed E-state index contributed by atoms with van der Waals surface area (Å²) in [5.74, 6) is 0. The molecule has 14 heavy (non-hydrogen) atoms. The minimum absolute atomic E-state index is 0.0677. The molecule has 78 valence electrons. The number of ether oxygens (including phenoxy) is 1. The minimum Gasteiger partial charge on any atom is -0.496 e. The van der Waals surface area contributed by atoms with Gasteiger partial charge in [-0.15, -0.1) is 9.24 Å². The second-order valence-corrected chi connectivity index (χ2v) is 4.47. The molecule has 0 aliphatic rings. The van der Waals surface area contributed by atoms with Gasteiger partial charge in [-0.2, -0.15) is 0 Å². The van der Waals surface area contributed by atoms with Gasteiger partial charge in [0.1, 0.15) is 0 Å². The smallest absolute Gasteiger partial charge is 0.0997 e. The standard InChI is InChI=1S/C6H12O.C6H7P/c1-5-7-6(2,3)4;7-6-4-2-1-3-5-6/h5H,1H2,2-4H3;1-5H,7H2. The summed E-state index contributed by atoms with van der Waals surface area (Å²) in [5.41, 5.74) is -0.0677. The largest absolute Gasteiger partial charge is 0.496 e. The van der Waals surface area contributed by atoms with Gasteiger partial charge in [0.05, 0.1) is 11.9 Å². The van der Waals surface area contributed by atoms with Crippen LogP contribution in [0, 0.1) is 0 Å². The lowest BCUT2D eigenvalue weighted by molar-refractivity contribution is 0.0775. The maximum Gasteiger partial charge on any atom is 0.0997 e. The molecule has 0 N–H and O–H groups in total. The molecular weight excluding hydrogens is 191 g/mol. The minimum atomic E-state index is -0.0677. The Balaban J connectivity index is 0.000000241. The highest BCUT2D eigenvalue weighted by molar-refractivity contribution is 7.27. The van der Waals surface area contributed by atoms with Crippen LogP contribution in [0.3, 0.4) is 0 Å². The van der Waals surface area contributed by atoms with Gasteiger partial charge in [0.25, 0.3) is 0 Å². The third-order valence-electron chi connectivity index (χ3n) is 1.24. The average Bonchev–Trinajstić information content (AvgIpc) is 2.04. The lowest BCUT2D eigenvalue weighted by Crippen LogP contribution is -2.14. The van der Waals surface area contributed by atoms with Crippen molar-refractivity contribution in [3.05, 3.63) is 43.2 Å². The third kappa shape index (κ3) is 9.28. The molecule has 1 nitrogen and oxygen atoms in total. The van der Waals surface area contributed by atoms with Crippen LogP contribution in [0.5, 0.6) is 0 Å². The van der Waals surface area contributed by atoms with Gasteiger partial charge in [-0.1, -0.05) is 36.9 Å². The molecular formula is C12H19OP. The molecule has 0 bridgehead atoms. The molecule has 1 aromatic carbocycles. The summed E-state index contributed by atoms with van der Waals surface area (Å²) in [6.45, 7) is 9.37. The zero-order chi connectivity index (χ0) is 11.0. The van der Waals surface area contributed by atoms with Crippen molar-refractivity contribution in [3.8, 4) is 0 Å². The Bertz CT molecular complexity index is 249. The van der Waals surface area contributed by atoms with Crippen LogP contribution in [-0.4, -0.2) is 5.60 Å². The van der Waals surface area contributed by atoms with E-state index in [1.165, 1.54) is 11.6 Å². The van der Waals surface area contributed by atoms with Crippen LogP contribution >= 0.6 is 9.24 Å². The molecule has 0 aromatic heterocycles. The molecule has 1 rings (SSSR count). The molecule has 0 aliphatic carbocycles. The first-order valence-electron chi connectivity index (χ1n) is 4.55. The van der Waals surface area contributed by atoms with Crippen LogP contribution in [0.1, 0.15) is 20.8 Å². The quantitative estimate of drug-likeness (QED) is 0.511. The Morgan fingerprint density at radius 3 is 1.86 bits per heavy atom. The van der Waals surface area contributed by atoms with Crippen LogP contribution in [-0.2, 0) is 4.74 Å². The zero-order valence-electron chi connectivity index (χ0n) is 9.16. The monoisotopic (exact) mass is 210 g/mol. The van der Waals surface area contributed by atoms with Gasteiger partial charge in [0.2, 0.25) is 0 Å². The van der Waals surface area contributed by atoms with Crippen molar-refractivity contribution in [1.29, 1.82) is 0 Å². The van der Waals surface area contributed by atoms with Gasteiger partial charge < -0.3 is 4.74 Å². The summed E-state index contributed by atoms with van der Waals surface area (Å²) in [6, 6.07) is 10.1. The van der Waals surface area contributed by atoms with Crippen molar-refractivity contribution in [2.45, 2.75) is 26.4 Å². The Hall–Kier alpha value is -0.810. The van der Waals surface area contributed by atoms with Crippen LogP contribution < -0.4 is 5.30 Å². The third-order valence-corrected chi connectivity index (χ3v) is 1.62. The first-order chi connectivity index (χ1) is 6.45.